The second-order valence-corrected chi connectivity index (χ2v) is 9.96. The van der Waals surface area contributed by atoms with Crippen LogP contribution in [0.5, 0.6) is 0 Å². The topological polar surface area (TPSA) is 38.2 Å². The van der Waals surface area contributed by atoms with Crippen molar-refractivity contribution in [3.05, 3.63) is 59.4 Å². The second kappa shape index (κ2) is 8.95. The summed E-state index contributed by atoms with van der Waals surface area (Å²) in [5, 5.41) is 0. The standard InChI is InChI=1S/C26H36FN3O/c1-5-31-18-26(13-12-24-11-10-23(27)15-29-24)21-8-9-22(26)17-30(16-21)25(3,4)20-7-6-19(2)28-14-20/h6-7,10-11,14-15,21-22H,5,8-9,12-13,16-18H2,1-4H3. The van der Waals surface area contributed by atoms with E-state index in [1.54, 1.807) is 0 Å². The minimum absolute atomic E-state index is 0.0438. The molecule has 2 aliphatic rings. The monoisotopic (exact) mass is 425 g/mol. The van der Waals surface area contributed by atoms with Crippen molar-refractivity contribution in [2.45, 2.75) is 58.9 Å². The number of piperidine rings is 1. The molecule has 2 bridgehead atoms. The minimum atomic E-state index is -0.269. The Morgan fingerprint density at radius 2 is 1.84 bits per heavy atom. The number of aromatic nitrogens is 2. The molecule has 0 amide bonds. The summed E-state index contributed by atoms with van der Waals surface area (Å²) >= 11 is 0. The molecule has 1 aliphatic carbocycles. The molecule has 4 rings (SSSR count). The van der Waals surface area contributed by atoms with E-state index in [4.69, 9.17) is 4.74 Å². The highest BCUT2D eigenvalue weighted by Crippen LogP contribution is 2.55. The second-order valence-electron chi connectivity index (χ2n) is 9.96. The van der Waals surface area contributed by atoms with Crippen LogP contribution in [0.2, 0.25) is 0 Å². The molecule has 168 valence electrons. The zero-order valence-corrected chi connectivity index (χ0v) is 19.4. The van der Waals surface area contributed by atoms with Gasteiger partial charge >= 0.3 is 0 Å². The third-order valence-electron chi connectivity index (χ3n) is 7.99. The Morgan fingerprint density at radius 3 is 2.42 bits per heavy atom. The molecular formula is C26H36FN3O. The van der Waals surface area contributed by atoms with Crippen molar-refractivity contribution in [3.63, 3.8) is 0 Å². The van der Waals surface area contributed by atoms with Gasteiger partial charge in [-0.3, -0.25) is 14.9 Å². The molecule has 2 unspecified atom stereocenters. The van der Waals surface area contributed by atoms with Crippen LogP contribution in [0.4, 0.5) is 4.39 Å². The maximum Gasteiger partial charge on any atom is 0.141 e. The Labute approximate surface area is 186 Å². The molecule has 1 saturated carbocycles. The predicted octanol–water partition coefficient (Wildman–Crippen LogP) is 5.16. The van der Waals surface area contributed by atoms with Crippen LogP contribution in [-0.4, -0.2) is 41.2 Å². The van der Waals surface area contributed by atoms with Crippen LogP contribution in [0.25, 0.3) is 0 Å². The predicted molar refractivity (Wildman–Crippen MR) is 121 cm³/mol. The van der Waals surface area contributed by atoms with Crippen molar-refractivity contribution in [3.8, 4) is 0 Å². The van der Waals surface area contributed by atoms with Gasteiger partial charge in [0.2, 0.25) is 0 Å². The highest BCUT2D eigenvalue weighted by atomic mass is 19.1. The Bertz CT molecular complexity index is 851. The van der Waals surface area contributed by atoms with Crippen LogP contribution in [0, 0.1) is 30.0 Å². The van der Waals surface area contributed by atoms with Crippen LogP contribution in [0.15, 0.2) is 36.7 Å². The summed E-state index contributed by atoms with van der Waals surface area (Å²) < 4.78 is 19.4. The molecule has 1 saturated heterocycles. The number of hydrogen-bond donors (Lipinski definition) is 0. The summed E-state index contributed by atoms with van der Waals surface area (Å²) in [6, 6.07) is 7.69. The number of ether oxygens (including phenoxy) is 1. The largest absolute Gasteiger partial charge is 0.381 e. The highest BCUT2D eigenvalue weighted by Gasteiger charge is 2.55. The van der Waals surface area contributed by atoms with E-state index in [2.05, 4.69) is 47.8 Å². The zero-order valence-electron chi connectivity index (χ0n) is 19.4. The minimum Gasteiger partial charge on any atom is -0.381 e. The van der Waals surface area contributed by atoms with Gasteiger partial charge < -0.3 is 4.74 Å². The SMILES string of the molecule is CCOCC1(CCc2ccc(F)cn2)C2CCC1CN(C(C)(C)c1ccc(C)nc1)C2. The zero-order chi connectivity index (χ0) is 22.1. The lowest BCUT2D eigenvalue weighted by Gasteiger charge is -2.52. The number of rotatable bonds is 8. The van der Waals surface area contributed by atoms with Crippen molar-refractivity contribution in [2.24, 2.45) is 17.3 Å². The Hall–Kier alpha value is -1.85. The maximum absolute atomic E-state index is 13.3. The van der Waals surface area contributed by atoms with Crippen molar-refractivity contribution in [2.75, 3.05) is 26.3 Å². The smallest absolute Gasteiger partial charge is 0.141 e. The first-order valence-corrected chi connectivity index (χ1v) is 11.7. The average Bonchev–Trinajstić information content (AvgIpc) is 2.93. The first kappa shape index (κ1) is 22.3. The Balaban J connectivity index is 1.53. The van der Waals surface area contributed by atoms with Crippen molar-refractivity contribution < 1.29 is 9.13 Å². The van der Waals surface area contributed by atoms with Gasteiger partial charge in [-0.1, -0.05) is 6.07 Å². The number of likely N-dealkylation sites (tertiary alicyclic amines) is 1. The van der Waals surface area contributed by atoms with Gasteiger partial charge in [-0.25, -0.2) is 4.39 Å². The van der Waals surface area contributed by atoms with Crippen LogP contribution < -0.4 is 0 Å². The lowest BCUT2D eigenvalue weighted by atomic mass is 9.66. The molecule has 0 spiro atoms. The number of hydrogen-bond acceptors (Lipinski definition) is 4. The van der Waals surface area contributed by atoms with E-state index in [1.165, 1.54) is 30.7 Å². The van der Waals surface area contributed by atoms with Gasteiger partial charge in [0.05, 0.1) is 12.8 Å². The molecule has 1 aliphatic heterocycles. The first-order valence-electron chi connectivity index (χ1n) is 11.7. The first-order chi connectivity index (χ1) is 14.8. The van der Waals surface area contributed by atoms with Gasteiger partial charge in [0.15, 0.2) is 0 Å². The van der Waals surface area contributed by atoms with Crippen molar-refractivity contribution in [1.29, 1.82) is 0 Å². The Kier molecular flexibility index (Phi) is 6.45. The molecule has 0 N–H and O–H groups in total. The van der Waals surface area contributed by atoms with Gasteiger partial charge in [-0.05, 0) is 89.0 Å². The summed E-state index contributed by atoms with van der Waals surface area (Å²) in [4.78, 5) is 11.5. The summed E-state index contributed by atoms with van der Waals surface area (Å²) in [6.45, 7) is 12.5. The van der Waals surface area contributed by atoms with Crippen LogP contribution in [0.3, 0.4) is 0 Å². The molecule has 2 aromatic heterocycles. The number of fused-ring (bicyclic) bond motifs is 2. The maximum atomic E-state index is 13.3. The van der Waals surface area contributed by atoms with E-state index >= 15 is 0 Å². The summed E-state index contributed by atoms with van der Waals surface area (Å²) in [5.74, 6) is 0.945. The van der Waals surface area contributed by atoms with E-state index < -0.39 is 0 Å². The van der Waals surface area contributed by atoms with Gasteiger partial charge in [0.1, 0.15) is 5.82 Å². The Morgan fingerprint density at radius 1 is 1.10 bits per heavy atom. The van der Waals surface area contributed by atoms with Gasteiger partial charge in [0.25, 0.3) is 0 Å². The number of halogens is 1. The molecule has 5 heteroatoms. The quantitative estimate of drug-likeness (QED) is 0.586. The third-order valence-corrected chi connectivity index (χ3v) is 7.99. The molecular weight excluding hydrogens is 389 g/mol. The van der Waals surface area contributed by atoms with Crippen LogP contribution in [0.1, 0.15) is 57.0 Å². The van der Waals surface area contributed by atoms with Gasteiger partial charge in [-0.2, -0.15) is 0 Å². The van der Waals surface area contributed by atoms with Crippen molar-refractivity contribution >= 4 is 0 Å². The lowest BCUT2D eigenvalue weighted by Crippen LogP contribution is -2.56. The number of nitrogens with zero attached hydrogens (tertiary/aromatic N) is 3. The van der Waals surface area contributed by atoms with E-state index in [0.29, 0.717) is 11.8 Å². The fraction of sp³-hybridized carbons (Fsp3) is 0.615. The molecule has 2 aromatic rings. The third kappa shape index (κ3) is 4.40. The van der Waals surface area contributed by atoms with Crippen LogP contribution >= 0.6 is 0 Å². The summed E-state index contributed by atoms with van der Waals surface area (Å²) in [7, 11) is 0. The average molecular weight is 426 g/mol. The van der Waals surface area contributed by atoms with Crippen LogP contribution in [-0.2, 0) is 16.7 Å². The number of pyridine rings is 2. The van der Waals surface area contributed by atoms with E-state index in [9.17, 15) is 4.39 Å². The van der Waals surface area contributed by atoms with Gasteiger partial charge in [-0.15, -0.1) is 0 Å². The summed E-state index contributed by atoms with van der Waals surface area (Å²) in [5.41, 5.74) is 3.46. The molecule has 2 atom stereocenters. The molecule has 2 fully saturated rings. The fourth-order valence-electron chi connectivity index (χ4n) is 5.86. The summed E-state index contributed by atoms with van der Waals surface area (Å²) in [6.07, 6.45) is 7.83. The van der Waals surface area contributed by atoms with E-state index in [-0.39, 0.29) is 16.8 Å². The number of aryl methyl sites for hydroxylation is 2. The normalized spacial score (nSPS) is 26.4. The fourth-order valence-corrected chi connectivity index (χ4v) is 5.86. The molecule has 4 nitrogen and oxygen atoms in total. The molecule has 3 heterocycles. The van der Waals surface area contributed by atoms with E-state index in [1.807, 2.05) is 19.2 Å². The lowest BCUT2D eigenvalue weighted by molar-refractivity contribution is -0.0785. The molecule has 0 radical (unpaired) electrons. The van der Waals surface area contributed by atoms with E-state index in [0.717, 1.165) is 50.5 Å². The molecule has 31 heavy (non-hydrogen) atoms. The van der Waals surface area contributed by atoms with Crippen molar-refractivity contribution in [1.82, 2.24) is 14.9 Å². The van der Waals surface area contributed by atoms with Gasteiger partial charge in [0, 0.05) is 48.2 Å². The molecule has 0 aromatic carbocycles. The highest BCUT2D eigenvalue weighted by molar-refractivity contribution is 5.22.